The van der Waals surface area contributed by atoms with E-state index in [4.69, 9.17) is 0 Å². The smallest absolute Gasteiger partial charge is 0.164 e. The molecule has 0 spiro atoms. The van der Waals surface area contributed by atoms with E-state index in [1.807, 2.05) is 4.68 Å². The normalized spacial score (nSPS) is 15.8. The molecule has 5 nitrogen and oxygen atoms in total. The van der Waals surface area contributed by atoms with Gasteiger partial charge in [0.1, 0.15) is 11.3 Å². The second-order valence-electron chi connectivity index (χ2n) is 6.39. The van der Waals surface area contributed by atoms with Gasteiger partial charge in [0.05, 0.1) is 18.8 Å². The van der Waals surface area contributed by atoms with Crippen molar-refractivity contribution in [1.29, 1.82) is 0 Å². The SMILES string of the molecule is CC(C)(C)c1csc(Cn2cnc(CNC3CC3)n2)n1. The third-order valence-corrected chi connectivity index (χ3v) is 4.16. The Bertz CT molecular complexity index is 576. The summed E-state index contributed by atoms with van der Waals surface area (Å²) in [5.41, 5.74) is 1.25. The molecule has 0 atom stereocenters. The summed E-state index contributed by atoms with van der Waals surface area (Å²) in [6.07, 6.45) is 4.37. The van der Waals surface area contributed by atoms with E-state index in [0.29, 0.717) is 12.6 Å². The number of hydrogen-bond donors (Lipinski definition) is 1. The van der Waals surface area contributed by atoms with Crippen LogP contribution < -0.4 is 5.32 Å². The lowest BCUT2D eigenvalue weighted by molar-refractivity contribution is 0.567. The second-order valence-corrected chi connectivity index (χ2v) is 7.33. The Labute approximate surface area is 123 Å². The average molecular weight is 291 g/mol. The van der Waals surface area contributed by atoms with E-state index >= 15 is 0 Å². The standard InChI is InChI=1S/C14H21N5S/c1-14(2,3)11-8-20-13(17-11)7-19-9-16-12(18-19)6-15-10-4-5-10/h8-10,15H,4-7H2,1-3H3. The van der Waals surface area contributed by atoms with Crippen LogP contribution in [0.5, 0.6) is 0 Å². The van der Waals surface area contributed by atoms with E-state index in [1.165, 1.54) is 12.8 Å². The van der Waals surface area contributed by atoms with Crippen LogP contribution >= 0.6 is 11.3 Å². The van der Waals surface area contributed by atoms with Gasteiger partial charge in [0.25, 0.3) is 0 Å². The Balaban J connectivity index is 1.60. The van der Waals surface area contributed by atoms with E-state index in [1.54, 1.807) is 17.7 Å². The molecule has 2 aromatic heterocycles. The van der Waals surface area contributed by atoms with Crippen molar-refractivity contribution in [2.24, 2.45) is 0 Å². The Kier molecular flexibility index (Phi) is 3.60. The third-order valence-electron chi connectivity index (χ3n) is 3.33. The molecule has 2 aromatic rings. The first-order valence-electron chi connectivity index (χ1n) is 7.07. The number of rotatable bonds is 5. The first-order valence-corrected chi connectivity index (χ1v) is 7.95. The van der Waals surface area contributed by atoms with E-state index in [2.05, 4.69) is 46.5 Å². The van der Waals surface area contributed by atoms with Gasteiger partial charge in [-0.25, -0.2) is 14.6 Å². The van der Waals surface area contributed by atoms with Crippen molar-refractivity contribution >= 4 is 11.3 Å². The van der Waals surface area contributed by atoms with Crippen molar-refractivity contribution in [2.75, 3.05) is 0 Å². The highest BCUT2D eigenvalue weighted by molar-refractivity contribution is 7.09. The zero-order valence-electron chi connectivity index (χ0n) is 12.3. The topological polar surface area (TPSA) is 55.6 Å². The Morgan fingerprint density at radius 2 is 2.20 bits per heavy atom. The van der Waals surface area contributed by atoms with E-state index in [9.17, 15) is 0 Å². The fourth-order valence-electron chi connectivity index (χ4n) is 1.88. The number of thiazole rings is 1. The van der Waals surface area contributed by atoms with Crippen molar-refractivity contribution in [1.82, 2.24) is 25.1 Å². The van der Waals surface area contributed by atoms with Crippen LogP contribution in [-0.4, -0.2) is 25.8 Å². The van der Waals surface area contributed by atoms with Gasteiger partial charge in [-0.3, -0.25) is 0 Å². The third kappa shape index (κ3) is 3.43. The summed E-state index contributed by atoms with van der Waals surface area (Å²) in [5.74, 6) is 0.865. The van der Waals surface area contributed by atoms with Crippen LogP contribution in [0.15, 0.2) is 11.7 Å². The van der Waals surface area contributed by atoms with Crippen molar-refractivity contribution in [3.8, 4) is 0 Å². The van der Waals surface area contributed by atoms with Crippen molar-refractivity contribution < 1.29 is 0 Å². The summed E-state index contributed by atoms with van der Waals surface area (Å²) >= 11 is 1.69. The van der Waals surface area contributed by atoms with Gasteiger partial charge in [-0.05, 0) is 12.8 Å². The maximum absolute atomic E-state index is 4.68. The number of nitrogens with one attached hydrogen (secondary N) is 1. The molecule has 0 saturated heterocycles. The van der Waals surface area contributed by atoms with Gasteiger partial charge in [0.15, 0.2) is 5.82 Å². The van der Waals surface area contributed by atoms with Crippen LogP contribution in [0.25, 0.3) is 0 Å². The molecule has 20 heavy (non-hydrogen) atoms. The first kappa shape index (κ1) is 13.7. The summed E-state index contributed by atoms with van der Waals surface area (Å²) in [7, 11) is 0. The number of hydrogen-bond acceptors (Lipinski definition) is 5. The van der Waals surface area contributed by atoms with Gasteiger partial charge in [-0.2, -0.15) is 5.10 Å². The highest BCUT2D eigenvalue weighted by atomic mass is 32.1. The van der Waals surface area contributed by atoms with Crippen LogP contribution in [0.4, 0.5) is 0 Å². The second kappa shape index (κ2) is 5.26. The lowest BCUT2D eigenvalue weighted by Gasteiger charge is -2.14. The molecule has 0 radical (unpaired) electrons. The molecule has 1 aliphatic rings. The molecule has 1 aliphatic carbocycles. The molecule has 3 rings (SSSR count). The Morgan fingerprint density at radius 3 is 2.85 bits per heavy atom. The zero-order chi connectivity index (χ0) is 14.2. The van der Waals surface area contributed by atoms with E-state index < -0.39 is 0 Å². The molecule has 1 fully saturated rings. The number of nitrogens with zero attached hydrogens (tertiary/aromatic N) is 4. The lowest BCUT2D eigenvalue weighted by Crippen LogP contribution is -2.16. The summed E-state index contributed by atoms with van der Waals surface area (Å²) in [4.78, 5) is 9.02. The molecule has 0 unspecified atom stereocenters. The highest BCUT2D eigenvalue weighted by Crippen LogP contribution is 2.24. The zero-order valence-corrected chi connectivity index (χ0v) is 13.1. The van der Waals surface area contributed by atoms with E-state index in [0.717, 1.165) is 23.1 Å². The monoisotopic (exact) mass is 291 g/mol. The van der Waals surface area contributed by atoms with Gasteiger partial charge in [-0.15, -0.1) is 11.3 Å². The predicted octanol–water partition coefficient (Wildman–Crippen LogP) is 2.33. The molecule has 0 aromatic carbocycles. The number of aromatic nitrogens is 4. The molecule has 0 bridgehead atoms. The summed E-state index contributed by atoms with van der Waals surface area (Å²) in [6, 6.07) is 0.690. The minimum atomic E-state index is 0.108. The molecule has 2 heterocycles. The fourth-order valence-corrected chi connectivity index (χ4v) is 2.89. The largest absolute Gasteiger partial charge is 0.307 e. The van der Waals surface area contributed by atoms with Gasteiger partial charge < -0.3 is 5.32 Å². The molecule has 0 aliphatic heterocycles. The molecule has 0 amide bonds. The maximum atomic E-state index is 4.68. The quantitative estimate of drug-likeness (QED) is 0.918. The van der Waals surface area contributed by atoms with E-state index in [-0.39, 0.29) is 5.41 Å². The van der Waals surface area contributed by atoms with Gasteiger partial charge in [0.2, 0.25) is 0 Å². The summed E-state index contributed by atoms with van der Waals surface area (Å²) in [5, 5.41) is 11.1. The minimum Gasteiger partial charge on any atom is -0.307 e. The molecule has 108 valence electrons. The van der Waals surface area contributed by atoms with Crippen LogP contribution in [0.2, 0.25) is 0 Å². The first-order chi connectivity index (χ1) is 9.50. The van der Waals surface area contributed by atoms with Crippen LogP contribution in [0.3, 0.4) is 0 Å². The van der Waals surface area contributed by atoms with Gasteiger partial charge in [-0.1, -0.05) is 20.8 Å². The maximum Gasteiger partial charge on any atom is 0.164 e. The Morgan fingerprint density at radius 1 is 1.40 bits per heavy atom. The van der Waals surface area contributed by atoms with Crippen LogP contribution in [0.1, 0.15) is 50.1 Å². The minimum absolute atomic E-state index is 0.108. The molecule has 1 N–H and O–H groups in total. The molecule has 1 saturated carbocycles. The molecule has 6 heteroatoms. The summed E-state index contributed by atoms with van der Waals surface area (Å²) < 4.78 is 1.87. The fraction of sp³-hybridized carbons (Fsp3) is 0.643. The Hall–Kier alpha value is -1.27. The van der Waals surface area contributed by atoms with Crippen molar-refractivity contribution in [3.63, 3.8) is 0 Å². The van der Waals surface area contributed by atoms with Crippen LogP contribution in [-0.2, 0) is 18.5 Å². The molecular weight excluding hydrogens is 270 g/mol. The average Bonchev–Trinajstić information content (AvgIpc) is 2.89. The van der Waals surface area contributed by atoms with Crippen LogP contribution in [0, 0.1) is 0 Å². The highest BCUT2D eigenvalue weighted by Gasteiger charge is 2.21. The van der Waals surface area contributed by atoms with Gasteiger partial charge >= 0.3 is 0 Å². The van der Waals surface area contributed by atoms with Gasteiger partial charge in [0, 0.05) is 16.8 Å². The predicted molar refractivity (Wildman–Crippen MR) is 79.8 cm³/mol. The summed E-state index contributed by atoms with van der Waals surface area (Å²) in [6.45, 7) is 8.02. The lowest BCUT2D eigenvalue weighted by atomic mass is 9.93. The van der Waals surface area contributed by atoms with Crippen molar-refractivity contribution in [2.45, 2.75) is 58.2 Å². The molecular formula is C14H21N5S. The van der Waals surface area contributed by atoms with Crippen molar-refractivity contribution in [3.05, 3.63) is 28.2 Å².